The van der Waals surface area contributed by atoms with Crippen LogP contribution in [0.25, 0.3) is 0 Å². The second kappa shape index (κ2) is 5.02. The van der Waals surface area contributed by atoms with Gasteiger partial charge in [-0.3, -0.25) is 0 Å². The van der Waals surface area contributed by atoms with E-state index >= 15 is 0 Å². The molecule has 1 aliphatic heterocycles. The largest absolute Gasteiger partial charge is 0.374 e. The summed E-state index contributed by atoms with van der Waals surface area (Å²) in [6, 6.07) is 0. The van der Waals surface area contributed by atoms with Gasteiger partial charge in [-0.2, -0.15) is 0 Å². The van der Waals surface area contributed by atoms with Crippen LogP contribution in [0.2, 0.25) is 0 Å². The summed E-state index contributed by atoms with van der Waals surface area (Å²) in [5.74, 6) is 3.38. The third-order valence-corrected chi connectivity index (χ3v) is 6.19. The van der Waals surface area contributed by atoms with Crippen LogP contribution < -0.4 is 0 Å². The fourth-order valence-electron chi connectivity index (χ4n) is 5.33. The Morgan fingerprint density at radius 3 is 1.65 bits per heavy atom. The zero-order valence-electron chi connectivity index (χ0n) is 14.0. The van der Waals surface area contributed by atoms with Gasteiger partial charge in [0.2, 0.25) is 0 Å². The Kier molecular flexibility index (Phi) is 3.61. The molecule has 0 aromatic rings. The van der Waals surface area contributed by atoms with Crippen LogP contribution >= 0.6 is 0 Å². The first-order chi connectivity index (χ1) is 9.43. The van der Waals surface area contributed by atoms with Crippen LogP contribution in [-0.4, -0.2) is 12.7 Å². The second-order valence-electron chi connectivity index (χ2n) is 7.52. The van der Waals surface area contributed by atoms with E-state index in [4.69, 9.17) is 4.74 Å². The van der Waals surface area contributed by atoms with Gasteiger partial charge < -0.3 is 4.74 Å². The molecule has 3 aliphatic rings. The molecule has 6 atom stereocenters. The Labute approximate surface area is 124 Å². The molecule has 3 rings (SSSR count). The highest BCUT2D eigenvalue weighted by Gasteiger charge is 2.42. The maximum atomic E-state index is 6.04. The Balaban J connectivity index is 2.13. The summed E-state index contributed by atoms with van der Waals surface area (Å²) >= 11 is 0. The molecular formula is C19H30O. The lowest BCUT2D eigenvalue weighted by Crippen LogP contribution is -2.39. The summed E-state index contributed by atoms with van der Waals surface area (Å²) in [5.41, 5.74) is 6.89. The number of ether oxygens (including phenoxy) is 1. The van der Waals surface area contributed by atoms with Crippen molar-refractivity contribution in [2.75, 3.05) is 6.61 Å². The van der Waals surface area contributed by atoms with Crippen molar-refractivity contribution in [3.05, 3.63) is 22.3 Å². The van der Waals surface area contributed by atoms with E-state index in [0.29, 0.717) is 23.9 Å². The third kappa shape index (κ3) is 1.93. The van der Waals surface area contributed by atoms with Crippen molar-refractivity contribution in [1.29, 1.82) is 0 Å². The lowest BCUT2D eigenvalue weighted by molar-refractivity contribution is 0.0455. The molecule has 0 aromatic carbocycles. The lowest BCUT2D eigenvalue weighted by atomic mass is 9.60. The maximum absolute atomic E-state index is 6.04. The molecule has 2 aliphatic carbocycles. The number of allylic oxidation sites excluding steroid dienone is 2. The molecule has 1 heterocycles. The van der Waals surface area contributed by atoms with Gasteiger partial charge in [0.15, 0.2) is 0 Å². The highest BCUT2D eigenvalue weighted by molar-refractivity contribution is 5.45. The molecule has 6 unspecified atom stereocenters. The van der Waals surface area contributed by atoms with Crippen LogP contribution in [0.4, 0.5) is 0 Å². The van der Waals surface area contributed by atoms with Crippen molar-refractivity contribution in [2.24, 2.45) is 29.6 Å². The van der Waals surface area contributed by atoms with E-state index in [2.05, 4.69) is 41.5 Å². The molecule has 0 saturated heterocycles. The van der Waals surface area contributed by atoms with E-state index in [1.165, 1.54) is 12.8 Å². The van der Waals surface area contributed by atoms with E-state index in [9.17, 15) is 0 Å². The summed E-state index contributed by atoms with van der Waals surface area (Å²) in [4.78, 5) is 0. The normalized spacial score (nSPS) is 45.3. The van der Waals surface area contributed by atoms with Gasteiger partial charge in [0.1, 0.15) is 0 Å². The quantitative estimate of drug-likeness (QED) is 0.566. The zero-order valence-corrected chi connectivity index (χ0v) is 14.0. The monoisotopic (exact) mass is 274 g/mol. The van der Waals surface area contributed by atoms with Crippen molar-refractivity contribution in [3.8, 4) is 0 Å². The number of rotatable bonds is 0. The SMILES string of the molecule is CC1CCC(C)C2=C1C(C)C1=C(C(C)OCC1C)C2C. The molecule has 0 spiro atoms. The first kappa shape index (κ1) is 14.4. The van der Waals surface area contributed by atoms with Crippen LogP contribution in [0, 0.1) is 29.6 Å². The molecule has 0 aromatic heterocycles. The third-order valence-electron chi connectivity index (χ3n) is 6.19. The number of hydrogen-bond acceptors (Lipinski definition) is 1. The van der Waals surface area contributed by atoms with Gasteiger partial charge in [-0.05, 0) is 43.1 Å². The molecule has 0 N–H and O–H groups in total. The van der Waals surface area contributed by atoms with E-state index in [-0.39, 0.29) is 0 Å². The smallest absolute Gasteiger partial charge is 0.0765 e. The van der Waals surface area contributed by atoms with Crippen molar-refractivity contribution in [1.82, 2.24) is 0 Å². The molecule has 0 amide bonds. The van der Waals surface area contributed by atoms with Gasteiger partial charge in [-0.15, -0.1) is 0 Å². The average molecular weight is 274 g/mol. The zero-order chi connectivity index (χ0) is 14.6. The van der Waals surface area contributed by atoms with Crippen LogP contribution in [0.3, 0.4) is 0 Å². The fraction of sp³-hybridized carbons (Fsp3) is 0.789. The van der Waals surface area contributed by atoms with Crippen molar-refractivity contribution >= 4 is 0 Å². The standard InChI is InChI=1S/C19H30O/c1-10-7-8-11(2)17-14(5)19-15(6)20-9-12(3)18(19)13(4)16(10)17/h10-15H,7-9H2,1-6H3. The van der Waals surface area contributed by atoms with Gasteiger partial charge in [-0.1, -0.05) is 51.3 Å². The highest BCUT2D eigenvalue weighted by Crippen LogP contribution is 2.52. The molecule has 112 valence electrons. The predicted octanol–water partition coefficient (Wildman–Crippen LogP) is 4.99. The van der Waals surface area contributed by atoms with E-state index in [0.717, 1.165) is 18.4 Å². The predicted molar refractivity (Wildman–Crippen MR) is 84.5 cm³/mol. The Hall–Kier alpha value is -0.560. The molecule has 0 bridgehead atoms. The summed E-state index contributed by atoms with van der Waals surface area (Å²) in [6.45, 7) is 15.3. The Bertz CT molecular complexity index is 386. The Morgan fingerprint density at radius 2 is 1.10 bits per heavy atom. The molecule has 20 heavy (non-hydrogen) atoms. The summed E-state index contributed by atoms with van der Waals surface area (Å²) in [6.07, 6.45) is 3.06. The summed E-state index contributed by atoms with van der Waals surface area (Å²) in [5, 5.41) is 0. The topological polar surface area (TPSA) is 9.23 Å². The van der Waals surface area contributed by atoms with Gasteiger partial charge >= 0.3 is 0 Å². The maximum Gasteiger partial charge on any atom is 0.0765 e. The van der Waals surface area contributed by atoms with Gasteiger partial charge in [0.05, 0.1) is 12.7 Å². The Morgan fingerprint density at radius 1 is 0.650 bits per heavy atom. The van der Waals surface area contributed by atoms with Crippen LogP contribution in [0.1, 0.15) is 54.4 Å². The second-order valence-corrected chi connectivity index (χ2v) is 7.52. The minimum atomic E-state index is 0.317. The van der Waals surface area contributed by atoms with Gasteiger partial charge in [-0.25, -0.2) is 0 Å². The lowest BCUT2D eigenvalue weighted by Gasteiger charge is -2.47. The molecule has 0 fully saturated rings. The first-order valence-corrected chi connectivity index (χ1v) is 8.52. The van der Waals surface area contributed by atoms with Crippen LogP contribution in [0.5, 0.6) is 0 Å². The van der Waals surface area contributed by atoms with Crippen LogP contribution in [-0.2, 0) is 4.74 Å². The molecule has 0 saturated carbocycles. The first-order valence-electron chi connectivity index (χ1n) is 8.52. The van der Waals surface area contributed by atoms with Crippen molar-refractivity contribution in [3.63, 3.8) is 0 Å². The minimum absolute atomic E-state index is 0.317. The molecular weight excluding hydrogens is 244 g/mol. The average Bonchev–Trinajstić information content (AvgIpc) is 2.41. The van der Waals surface area contributed by atoms with Crippen molar-refractivity contribution in [2.45, 2.75) is 60.5 Å². The molecule has 0 radical (unpaired) electrons. The molecule has 1 nitrogen and oxygen atoms in total. The van der Waals surface area contributed by atoms with E-state index < -0.39 is 0 Å². The number of hydrogen-bond donors (Lipinski definition) is 0. The van der Waals surface area contributed by atoms with Gasteiger partial charge in [0.25, 0.3) is 0 Å². The van der Waals surface area contributed by atoms with E-state index in [1.54, 1.807) is 22.3 Å². The van der Waals surface area contributed by atoms with E-state index in [1.807, 2.05) is 0 Å². The summed E-state index contributed by atoms with van der Waals surface area (Å²) in [7, 11) is 0. The fourth-order valence-corrected chi connectivity index (χ4v) is 5.33. The highest BCUT2D eigenvalue weighted by atomic mass is 16.5. The van der Waals surface area contributed by atoms with Crippen molar-refractivity contribution < 1.29 is 4.74 Å². The minimum Gasteiger partial charge on any atom is -0.374 e. The van der Waals surface area contributed by atoms with Crippen LogP contribution in [0.15, 0.2) is 22.3 Å². The summed E-state index contributed by atoms with van der Waals surface area (Å²) < 4.78 is 6.04. The van der Waals surface area contributed by atoms with Gasteiger partial charge in [0, 0.05) is 11.8 Å². The molecule has 1 heteroatoms.